The number of Topliss-reactive ketones (excluding diaryl/α,β-unsaturated/α-hetero) is 1. The van der Waals surface area contributed by atoms with E-state index in [1.54, 1.807) is 0 Å². The number of hydrogen-bond donors (Lipinski definition) is 0. The number of likely N-dealkylation sites (tertiary alicyclic amines) is 1. The minimum Gasteiger partial charge on any atom is -0.331 e. The SMILES string of the molecule is O=C1CC(=O)N(Cc2cc(F)c(F)c(F)c2)C1. The molecule has 0 radical (unpaired) electrons. The van der Waals surface area contributed by atoms with Crippen molar-refractivity contribution in [1.29, 1.82) is 0 Å². The second-order valence-electron chi connectivity index (χ2n) is 3.84. The summed E-state index contributed by atoms with van der Waals surface area (Å²) >= 11 is 0. The molecule has 1 aromatic carbocycles. The highest BCUT2D eigenvalue weighted by Crippen LogP contribution is 2.17. The highest BCUT2D eigenvalue weighted by molar-refractivity contribution is 6.05. The highest BCUT2D eigenvalue weighted by atomic mass is 19.2. The summed E-state index contributed by atoms with van der Waals surface area (Å²) in [6.45, 7) is -0.169. The van der Waals surface area contributed by atoms with E-state index in [1.165, 1.54) is 4.90 Å². The summed E-state index contributed by atoms with van der Waals surface area (Å²) in [5.74, 6) is -4.79. The second kappa shape index (κ2) is 4.20. The second-order valence-corrected chi connectivity index (χ2v) is 3.84. The molecule has 0 bridgehead atoms. The van der Waals surface area contributed by atoms with Gasteiger partial charge in [0.2, 0.25) is 5.91 Å². The van der Waals surface area contributed by atoms with Crippen molar-refractivity contribution in [2.75, 3.05) is 6.54 Å². The van der Waals surface area contributed by atoms with Gasteiger partial charge in [-0.15, -0.1) is 0 Å². The molecule has 90 valence electrons. The average molecular weight is 243 g/mol. The van der Waals surface area contributed by atoms with Crippen molar-refractivity contribution in [3.8, 4) is 0 Å². The van der Waals surface area contributed by atoms with Gasteiger partial charge in [0.25, 0.3) is 0 Å². The van der Waals surface area contributed by atoms with Crippen LogP contribution in [0.1, 0.15) is 12.0 Å². The van der Waals surface area contributed by atoms with Gasteiger partial charge in [-0.1, -0.05) is 0 Å². The average Bonchev–Trinajstić information content (AvgIpc) is 2.54. The van der Waals surface area contributed by atoms with Gasteiger partial charge in [-0.25, -0.2) is 13.2 Å². The number of carbonyl (C=O) groups excluding carboxylic acids is 2. The summed E-state index contributed by atoms with van der Waals surface area (Å²) in [7, 11) is 0. The van der Waals surface area contributed by atoms with E-state index in [-0.39, 0.29) is 36.8 Å². The van der Waals surface area contributed by atoms with E-state index in [0.29, 0.717) is 0 Å². The van der Waals surface area contributed by atoms with Gasteiger partial charge >= 0.3 is 0 Å². The molecule has 0 saturated carbocycles. The molecule has 1 saturated heterocycles. The fourth-order valence-electron chi connectivity index (χ4n) is 1.70. The molecular formula is C11H8F3NO2. The van der Waals surface area contributed by atoms with Crippen molar-refractivity contribution in [3.63, 3.8) is 0 Å². The van der Waals surface area contributed by atoms with Crippen LogP contribution in [-0.4, -0.2) is 23.1 Å². The fraction of sp³-hybridized carbons (Fsp3) is 0.273. The number of halogens is 3. The number of amides is 1. The lowest BCUT2D eigenvalue weighted by molar-refractivity contribution is -0.128. The Kier molecular flexibility index (Phi) is 2.87. The van der Waals surface area contributed by atoms with E-state index in [4.69, 9.17) is 0 Å². The maximum Gasteiger partial charge on any atom is 0.230 e. The zero-order chi connectivity index (χ0) is 12.6. The molecule has 0 spiro atoms. The number of rotatable bonds is 2. The predicted octanol–water partition coefficient (Wildman–Crippen LogP) is 1.41. The van der Waals surface area contributed by atoms with Gasteiger partial charge in [-0.05, 0) is 17.7 Å². The Morgan fingerprint density at radius 1 is 1.12 bits per heavy atom. The number of carbonyl (C=O) groups is 2. The molecule has 1 fully saturated rings. The third kappa shape index (κ3) is 2.30. The molecule has 1 heterocycles. The first-order chi connectivity index (χ1) is 7.97. The molecule has 6 heteroatoms. The zero-order valence-electron chi connectivity index (χ0n) is 8.67. The van der Waals surface area contributed by atoms with Crippen LogP contribution in [0.4, 0.5) is 13.2 Å². The molecule has 0 unspecified atom stereocenters. The Bertz CT molecular complexity index is 478. The van der Waals surface area contributed by atoms with Crippen molar-refractivity contribution in [1.82, 2.24) is 4.90 Å². The summed E-state index contributed by atoms with van der Waals surface area (Å²) in [5, 5.41) is 0. The monoisotopic (exact) mass is 243 g/mol. The first-order valence-corrected chi connectivity index (χ1v) is 4.90. The summed E-state index contributed by atoms with van der Waals surface area (Å²) < 4.78 is 38.5. The Balaban J connectivity index is 2.19. The molecule has 0 N–H and O–H groups in total. The van der Waals surface area contributed by atoms with Crippen LogP contribution in [0, 0.1) is 17.5 Å². The maximum absolute atomic E-state index is 12.9. The highest BCUT2D eigenvalue weighted by Gasteiger charge is 2.27. The molecule has 3 nitrogen and oxygen atoms in total. The van der Waals surface area contributed by atoms with Crippen LogP contribution < -0.4 is 0 Å². The molecule has 0 aromatic heterocycles. The molecule has 1 aromatic rings. The Labute approximate surface area is 94.8 Å². The molecule has 2 rings (SSSR count). The van der Waals surface area contributed by atoms with Gasteiger partial charge in [0.05, 0.1) is 13.0 Å². The van der Waals surface area contributed by atoms with Crippen molar-refractivity contribution >= 4 is 11.7 Å². The summed E-state index contributed by atoms with van der Waals surface area (Å²) in [6.07, 6.45) is -0.188. The van der Waals surface area contributed by atoms with Crippen LogP contribution in [0.2, 0.25) is 0 Å². The van der Waals surface area contributed by atoms with Gasteiger partial charge in [0.15, 0.2) is 23.2 Å². The largest absolute Gasteiger partial charge is 0.331 e. The summed E-state index contributed by atoms with van der Waals surface area (Å²) in [6, 6.07) is 1.63. The lowest BCUT2D eigenvalue weighted by Crippen LogP contribution is -2.24. The van der Waals surface area contributed by atoms with Crippen LogP contribution in [0.25, 0.3) is 0 Å². The third-order valence-corrected chi connectivity index (χ3v) is 2.49. The molecule has 0 atom stereocenters. The lowest BCUT2D eigenvalue weighted by Gasteiger charge is -2.14. The first kappa shape index (κ1) is 11.6. The Morgan fingerprint density at radius 3 is 2.18 bits per heavy atom. The Hall–Kier alpha value is -1.85. The van der Waals surface area contributed by atoms with E-state index in [9.17, 15) is 22.8 Å². The normalized spacial score (nSPS) is 15.8. The van der Waals surface area contributed by atoms with Crippen molar-refractivity contribution in [3.05, 3.63) is 35.1 Å². The van der Waals surface area contributed by atoms with Crippen LogP contribution >= 0.6 is 0 Å². The van der Waals surface area contributed by atoms with Crippen molar-refractivity contribution < 1.29 is 22.8 Å². The minimum atomic E-state index is -1.54. The number of hydrogen-bond acceptors (Lipinski definition) is 2. The van der Waals surface area contributed by atoms with E-state index in [0.717, 1.165) is 12.1 Å². The van der Waals surface area contributed by atoms with E-state index >= 15 is 0 Å². The van der Waals surface area contributed by atoms with Gasteiger partial charge < -0.3 is 4.90 Å². The molecule has 17 heavy (non-hydrogen) atoms. The zero-order valence-corrected chi connectivity index (χ0v) is 8.67. The van der Waals surface area contributed by atoms with Crippen LogP contribution in [0.5, 0.6) is 0 Å². The summed E-state index contributed by atoms with van der Waals surface area (Å²) in [5.41, 5.74) is 0.115. The molecule has 0 aliphatic carbocycles. The third-order valence-electron chi connectivity index (χ3n) is 2.49. The first-order valence-electron chi connectivity index (χ1n) is 4.90. The van der Waals surface area contributed by atoms with Gasteiger partial charge in [-0.2, -0.15) is 0 Å². The van der Waals surface area contributed by atoms with E-state index < -0.39 is 17.5 Å². The predicted molar refractivity (Wildman–Crippen MR) is 51.4 cm³/mol. The molecule has 1 aliphatic heterocycles. The maximum atomic E-state index is 12.9. The van der Waals surface area contributed by atoms with Crippen LogP contribution in [0.15, 0.2) is 12.1 Å². The van der Waals surface area contributed by atoms with E-state index in [1.807, 2.05) is 0 Å². The Morgan fingerprint density at radius 2 is 1.71 bits per heavy atom. The van der Waals surface area contributed by atoms with Gasteiger partial charge in [0.1, 0.15) is 0 Å². The molecular weight excluding hydrogens is 235 g/mol. The topological polar surface area (TPSA) is 37.4 Å². The minimum absolute atomic E-state index is 0.0700. The van der Waals surface area contributed by atoms with Crippen molar-refractivity contribution in [2.45, 2.75) is 13.0 Å². The van der Waals surface area contributed by atoms with Gasteiger partial charge in [-0.3, -0.25) is 9.59 Å². The quantitative estimate of drug-likeness (QED) is 0.581. The molecule has 1 amide bonds. The van der Waals surface area contributed by atoms with Crippen LogP contribution in [0.3, 0.4) is 0 Å². The van der Waals surface area contributed by atoms with Crippen molar-refractivity contribution in [2.24, 2.45) is 0 Å². The standard InChI is InChI=1S/C11H8F3NO2/c12-8-1-6(2-9(13)11(8)14)4-15-5-7(16)3-10(15)17/h1-2H,3-5H2. The molecule has 1 aliphatic rings. The fourth-order valence-corrected chi connectivity index (χ4v) is 1.70. The van der Waals surface area contributed by atoms with E-state index in [2.05, 4.69) is 0 Å². The van der Waals surface area contributed by atoms with Crippen LogP contribution in [-0.2, 0) is 16.1 Å². The number of ketones is 1. The van der Waals surface area contributed by atoms with Gasteiger partial charge in [0, 0.05) is 6.54 Å². The smallest absolute Gasteiger partial charge is 0.230 e. The number of nitrogens with zero attached hydrogens (tertiary/aromatic N) is 1. The number of benzene rings is 1. The summed E-state index contributed by atoms with van der Waals surface area (Å²) in [4.78, 5) is 23.4. The lowest BCUT2D eigenvalue weighted by atomic mass is 10.2.